The van der Waals surface area contributed by atoms with E-state index in [0.717, 1.165) is 29.6 Å². The Labute approximate surface area is 110 Å². The lowest BCUT2D eigenvalue weighted by Gasteiger charge is -2.34. The molecular formula is C17H34. The molecule has 0 aromatic rings. The van der Waals surface area contributed by atoms with Crippen LogP contribution in [-0.4, -0.2) is 0 Å². The molecule has 1 fully saturated rings. The summed E-state index contributed by atoms with van der Waals surface area (Å²) in [5.41, 5.74) is 0.559. The Balaban J connectivity index is 2.50. The Morgan fingerprint density at radius 1 is 1.12 bits per heavy atom. The minimum Gasteiger partial charge on any atom is -0.0654 e. The first-order valence-electron chi connectivity index (χ1n) is 7.82. The van der Waals surface area contributed by atoms with Gasteiger partial charge in [0, 0.05) is 0 Å². The molecule has 0 saturated heterocycles. The largest absolute Gasteiger partial charge is 0.0654 e. The van der Waals surface area contributed by atoms with E-state index in [0.29, 0.717) is 5.41 Å². The van der Waals surface area contributed by atoms with E-state index in [4.69, 9.17) is 0 Å². The van der Waals surface area contributed by atoms with Gasteiger partial charge in [-0.1, -0.05) is 67.7 Å². The van der Waals surface area contributed by atoms with E-state index in [2.05, 4.69) is 48.5 Å². The molecule has 1 aliphatic carbocycles. The molecule has 4 unspecified atom stereocenters. The van der Waals surface area contributed by atoms with E-state index in [-0.39, 0.29) is 0 Å². The molecule has 0 aromatic heterocycles. The quantitative estimate of drug-likeness (QED) is 0.528. The Bertz CT molecular complexity index is 226. The standard InChI is InChI=1S/C17H34/c1-8-9-10-13(4)17(6,7)16-11-15(16)14(5)12(2)3/h12-16H,8-11H2,1-7H3. The van der Waals surface area contributed by atoms with Gasteiger partial charge in [0.25, 0.3) is 0 Å². The summed E-state index contributed by atoms with van der Waals surface area (Å²) in [7, 11) is 0. The van der Waals surface area contributed by atoms with Crippen molar-refractivity contribution in [1.82, 2.24) is 0 Å². The van der Waals surface area contributed by atoms with Crippen molar-refractivity contribution in [2.24, 2.45) is 35.0 Å². The average molecular weight is 238 g/mol. The van der Waals surface area contributed by atoms with E-state index >= 15 is 0 Å². The summed E-state index contributed by atoms with van der Waals surface area (Å²) in [6.07, 6.45) is 5.66. The lowest BCUT2D eigenvalue weighted by molar-refractivity contribution is 0.155. The zero-order chi connectivity index (χ0) is 13.2. The van der Waals surface area contributed by atoms with Gasteiger partial charge in [-0.2, -0.15) is 0 Å². The molecule has 0 N–H and O–H groups in total. The first-order valence-corrected chi connectivity index (χ1v) is 7.82. The zero-order valence-corrected chi connectivity index (χ0v) is 13.2. The van der Waals surface area contributed by atoms with Crippen LogP contribution in [0.4, 0.5) is 0 Å². The van der Waals surface area contributed by atoms with E-state index in [9.17, 15) is 0 Å². The number of hydrogen-bond donors (Lipinski definition) is 0. The second-order valence-electron chi connectivity index (χ2n) is 7.47. The van der Waals surface area contributed by atoms with Gasteiger partial charge in [-0.25, -0.2) is 0 Å². The Hall–Kier alpha value is 0. The minimum atomic E-state index is 0.559. The van der Waals surface area contributed by atoms with Gasteiger partial charge in [-0.15, -0.1) is 0 Å². The van der Waals surface area contributed by atoms with Crippen molar-refractivity contribution in [3.63, 3.8) is 0 Å². The van der Waals surface area contributed by atoms with Gasteiger partial charge in [0.2, 0.25) is 0 Å². The van der Waals surface area contributed by atoms with Crippen LogP contribution in [0.25, 0.3) is 0 Å². The van der Waals surface area contributed by atoms with Crippen LogP contribution in [0, 0.1) is 35.0 Å². The van der Waals surface area contributed by atoms with E-state index < -0.39 is 0 Å². The summed E-state index contributed by atoms with van der Waals surface area (Å²) < 4.78 is 0. The van der Waals surface area contributed by atoms with Gasteiger partial charge in [0.1, 0.15) is 0 Å². The van der Waals surface area contributed by atoms with Crippen LogP contribution in [-0.2, 0) is 0 Å². The van der Waals surface area contributed by atoms with Gasteiger partial charge in [0.15, 0.2) is 0 Å². The molecule has 0 heterocycles. The summed E-state index contributed by atoms with van der Waals surface area (Å²) in [4.78, 5) is 0. The van der Waals surface area contributed by atoms with Crippen molar-refractivity contribution >= 4 is 0 Å². The van der Waals surface area contributed by atoms with Crippen LogP contribution >= 0.6 is 0 Å². The zero-order valence-electron chi connectivity index (χ0n) is 13.2. The normalized spacial score (nSPS) is 28.2. The van der Waals surface area contributed by atoms with E-state index in [1.807, 2.05) is 0 Å². The maximum absolute atomic E-state index is 2.52. The molecule has 0 aliphatic heterocycles. The van der Waals surface area contributed by atoms with Crippen LogP contribution in [0.5, 0.6) is 0 Å². The summed E-state index contributed by atoms with van der Waals surface area (Å²) in [6, 6.07) is 0. The van der Waals surface area contributed by atoms with Crippen molar-refractivity contribution < 1.29 is 0 Å². The number of unbranched alkanes of at least 4 members (excludes halogenated alkanes) is 1. The highest BCUT2D eigenvalue weighted by molar-refractivity contribution is 5.00. The van der Waals surface area contributed by atoms with Crippen LogP contribution in [0.3, 0.4) is 0 Å². The third-order valence-electron chi connectivity index (χ3n) is 5.78. The summed E-state index contributed by atoms with van der Waals surface area (Å²) >= 11 is 0. The fourth-order valence-corrected chi connectivity index (χ4v) is 3.39. The van der Waals surface area contributed by atoms with Gasteiger partial charge < -0.3 is 0 Å². The third-order valence-corrected chi connectivity index (χ3v) is 5.78. The molecule has 1 rings (SSSR count). The summed E-state index contributed by atoms with van der Waals surface area (Å²) in [5, 5.41) is 0. The third kappa shape index (κ3) is 3.48. The van der Waals surface area contributed by atoms with Crippen molar-refractivity contribution in [2.75, 3.05) is 0 Å². The molecule has 0 heteroatoms. The summed E-state index contributed by atoms with van der Waals surface area (Å²) in [6.45, 7) is 17.0. The van der Waals surface area contributed by atoms with Crippen molar-refractivity contribution in [1.29, 1.82) is 0 Å². The fraction of sp³-hybridized carbons (Fsp3) is 1.00. The van der Waals surface area contributed by atoms with Gasteiger partial charge in [0.05, 0.1) is 0 Å². The van der Waals surface area contributed by atoms with E-state index in [1.165, 1.54) is 25.7 Å². The molecule has 0 bridgehead atoms. The molecule has 0 radical (unpaired) electrons. The van der Waals surface area contributed by atoms with Gasteiger partial charge in [-0.3, -0.25) is 0 Å². The molecule has 0 nitrogen and oxygen atoms in total. The topological polar surface area (TPSA) is 0 Å². The minimum absolute atomic E-state index is 0.559. The molecular weight excluding hydrogens is 204 g/mol. The van der Waals surface area contributed by atoms with Crippen LogP contribution < -0.4 is 0 Å². The molecule has 1 saturated carbocycles. The highest BCUT2D eigenvalue weighted by atomic mass is 14.6. The first kappa shape index (κ1) is 15.1. The molecule has 0 aromatic carbocycles. The van der Waals surface area contributed by atoms with Crippen molar-refractivity contribution in [3.05, 3.63) is 0 Å². The predicted molar refractivity (Wildman–Crippen MR) is 78.1 cm³/mol. The average Bonchev–Trinajstić information content (AvgIpc) is 3.04. The number of hydrogen-bond acceptors (Lipinski definition) is 0. The molecule has 102 valence electrons. The molecule has 0 spiro atoms. The monoisotopic (exact) mass is 238 g/mol. The predicted octanol–water partition coefficient (Wildman–Crippen LogP) is 5.77. The second kappa shape index (κ2) is 5.76. The second-order valence-corrected chi connectivity index (χ2v) is 7.47. The number of rotatable bonds is 7. The van der Waals surface area contributed by atoms with Crippen LogP contribution in [0.15, 0.2) is 0 Å². The fourth-order valence-electron chi connectivity index (χ4n) is 3.39. The lowest BCUT2D eigenvalue weighted by atomic mass is 9.71. The molecule has 17 heavy (non-hydrogen) atoms. The van der Waals surface area contributed by atoms with Crippen molar-refractivity contribution in [2.45, 2.75) is 74.1 Å². The van der Waals surface area contributed by atoms with E-state index in [1.54, 1.807) is 0 Å². The smallest absolute Gasteiger partial charge is 0.0297 e. The Kier molecular flexibility index (Phi) is 5.10. The summed E-state index contributed by atoms with van der Waals surface area (Å²) in [5.74, 6) is 4.65. The van der Waals surface area contributed by atoms with Crippen LogP contribution in [0.2, 0.25) is 0 Å². The molecule has 4 atom stereocenters. The Morgan fingerprint density at radius 3 is 2.18 bits per heavy atom. The lowest BCUT2D eigenvalue weighted by Crippen LogP contribution is -2.26. The molecule has 0 amide bonds. The van der Waals surface area contributed by atoms with Gasteiger partial charge >= 0.3 is 0 Å². The maximum Gasteiger partial charge on any atom is -0.0297 e. The first-order chi connectivity index (χ1) is 7.82. The highest BCUT2D eigenvalue weighted by Crippen LogP contribution is 2.58. The maximum atomic E-state index is 2.52. The van der Waals surface area contributed by atoms with Crippen LogP contribution in [0.1, 0.15) is 74.1 Å². The molecule has 1 aliphatic rings. The van der Waals surface area contributed by atoms with Gasteiger partial charge in [-0.05, 0) is 41.4 Å². The Morgan fingerprint density at radius 2 is 1.71 bits per heavy atom. The SMILES string of the molecule is CCCCC(C)C(C)(C)C1CC1C(C)C(C)C. The van der Waals surface area contributed by atoms with Crippen molar-refractivity contribution in [3.8, 4) is 0 Å². The highest BCUT2D eigenvalue weighted by Gasteiger charge is 2.51.